The fraction of sp³-hybridized carbons (Fsp3) is 0.500. The second kappa shape index (κ2) is 13.6. The third-order valence-electron chi connectivity index (χ3n) is 0.553. The molecular weight excluding hydrogens is 284 g/mol. The van der Waals surface area contributed by atoms with Gasteiger partial charge >= 0.3 is 96.5 Å². The first-order valence-electron chi connectivity index (χ1n) is 2.96. The molecule has 0 bridgehead atoms. The van der Waals surface area contributed by atoms with Gasteiger partial charge in [-0.3, -0.25) is 9.59 Å². The van der Waals surface area contributed by atoms with Crippen LogP contribution in [0, 0.1) is 0 Å². The standard InChI is InChI=1S/C4H6O4.2Ca.H4O4Si.4H/c5-3(6)1-2-4(7)8;;;1-5(2,3)4;;;;/h1-2H2,(H,5,6)(H,7,8);;;1-4H;;;;. The zero-order valence-electron chi connectivity index (χ0n) is 6.41. The van der Waals surface area contributed by atoms with Crippen LogP contribution in [0.15, 0.2) is 0 Å². The molecule has 8 nitrogen and oxygen atoms in total. The second-order valence-corrected chi connectivity index (χ2v) is 3.09. The Morgan fingerprint density at radius 1 is 0.800 bits per heavy atom. The van der Waals surface area contributed by atoms with E-state index < -0.39 is 21.0 Å². The van der Waals surface area contributed by atoms with Gasteiger partial charge in [-0.25, -0.2) is 0 Å². The first-order chi connectivity index (χ1) is 5.63. The van der Waals surface area contributed by atoms with Crippen LogP contribution in [0.1, 0.15) is 12.8 Å². The Morgan fingerprint density at radius 2 is 0.933 bits per heavy atom. The molecule has 0 fully saturated rings. The number of aliphatic carboxylic acids is 2. The van der Waals surface area contributed by atoms with Crippen LogP contribution in [-0.2, 0) is 9.59 Å². The van der Waals surface area contributed by atoms with Crippen molar-refractivity contribution in [3.63, 3.8) is 0 Å². The second-order valence-electron chi connectivity index (χ2n) is 1.89. The van der Waals surface area contributed by atoms with E-state index in [-0.39, 0.29) is 88.3 Å². The van der Waals surface area contributed by atoms with Crippen LogP contribution in [0.5, 0.6) is 0 Å². The Hall–Kier alpha value is 1.52. The van der Waals surface area contributed by atoms with Gasteiger partial charge in [0, 0.05) is 0 Å². The third kappa shape index (κ3) is 66.8. The SMILES string of the molecule is O=C(O)CCC(=O)O.O[Si](O)(O)O.[CaH2].[CaH2]. The average Bonchev–Trinajstić information content (AvgIpc) is 1.79. The Morgan fingerprint density at radius 3 is 1.00 bits per heavy atom. The molecule has 0 amide bonds. The molecule has 0 saturated heterocycles. The Kier molecular flexibility index (Phi) is 23.0. The molecule has 11 heteroatoms. The summed E-state index contributed by atoms with van der Waals surface area (Å²) in [4.78, 5) is 48.6. The third-order valence-corrected chi connectivity index (χ3v) is 0.553. The summed E-state index contributed by atoms with van der Waals surface area (Å²) in [5.74, 6) is -2.15. The monoisotopic (exact) mass is 298 g/mol. The molecule has 0 spiro atoms. The minimum atomic E-state index is -4.61. The summed E-state index contributed by atoms with van der Waals surface area (Å²) in [7, 11) is -4.61. The number of hydrogen-bond donors (Lipinski definition) is 6. The molecule has 15 heavy (non-hydrogen) atoms. The number of carbonyl (C=O) groups is 2. The predicted molar refractivity (Wildman–Crippen MR) is 56.2 cm³/mol. The fourth-order valence-electron chi connectivity index (χ4n) is 0.214. The first-order valence-corrected chi connectivity index (χ1v) is 4.75. The van der Waals surface area contributed by atoms with E-state index in [1.807, 2.05) is 0 Å². The van der Waals surface area contributed by atoms with Gasteiger partial charge in [0.1, 0.15) is 0 Å². The van der Waals surface area contributed by atoms with Crippen molar-refractivity contribution in [2.24, 2.45) is 0 Å². The van der Waals surface area contributed by atoms with Crippen LogP contribution in [0.4, 0.5) is 0 Å². The topological polar surface area (TPSA) is 156 Å². The maximum absolute atomic E-state index is 9.64. The van der Waals surface area contributed by atoms with Crippen LogP contribution in [0.3, 0.4) is 0 Å². The number of hydrogen-bond acceptors (Lipinski definition) is 6. The zero-order chi connectivity index (χ0) is 11.1. The number of carboxylic acids is 2. The number of rotatable bonds is 3. The maximum atomic E-state index is 9.64. The van der Waals surface area contributed by atoms with E-state index in [0.717, 1.165) is 0 Å². The van der Waals surface area contributed by atoms with Crippen LogP contribution in [0.25, 0.3) is 0 Å². The van der Waals surface area contributed by atoms with Crippen LogP contribution in [-0.4, -0.2) is 126 Å². The van der Waals surface area contributed by atoms with Crippen LogP contribution in [0.2, 0.25) is 0 Å². The molecule has 0 aliphatic heterocycles. The first kappa shape index (κ1) is 25.4. The number of carboxylic acid groups (broad SMARTS) is 2. The fourth-order valence-corrected chi connectivity index (χ4v) is 0.214. The van der Waals surface area contributed by atoms with Crippen molar-refractivity contribution < 1.29 is 39.0 Å². The molecule has 0 heterocycles. The predicted octanol–water partition coefficient (Wildman–Crippen LogP) is -4.51. The van der Waals surface area contributed by atoms with Gasteiger partial charge in [-0.15, -0.1) is 0 Å². The molecule has 0 aromatic carbocycles. The van der Waals surface area contributed by atoms with E-state index in [2.05, 4.69) is 0 Å². The average molecular weight is 298 g/mol. The van der Waals surface area contributed by atoms with Gasteiger partial charge in [0.25, 0.3) is 0 Å². The molecule has 0 rings (SSSR count). The Labute approximate surface area is 146 Å². The van der Waals surface area contributed by atoms with E-state index in [0.29, 0.717) is 0 Å². The molecule has 0 aliphatic rings. The van der Waals surface area contributed by atoms with E-state index in [4.69, 9.17) is 29.4 Å². The van der Waals surface area contributed by atoms with Gasteiger partial charge in [0.2, 0.25) is 0 Å². The Balaban J connectivity index is -0.0000000770. The molecule has 0 aromatic rings. The molecule has 0 saturated carbocycles. The van der Waals surface area contributed by atoms with Crippen molar-refractivity contribution in [2.75, 3.05) is 0 Å². The minimum absolute atomic E-state index is 0. The van der Waals surface area contributed by atoms with Crippen LogP contribution < -0.4 is 0 Å². The normalized spacial score (nSPS) is 8.53. The summed E-state index contributed by atoms with van der Waals surface area (Å²) in [5, 5.41) is 15.8. The molecule has 0 aromatic heterocycles. The van der Waals surface area contributed by atoms with E-state index in [9.17, 15) is 9.59 Å². The molecule has 6 N–H and O–H groups in total. The summed E-state index contributed by atoms with van der Waals surface area (Å²) in [6.45, 7) is 0. The molecule has 0 aliphatic carbocycles. The molecule has 0 atom stereocenters. The molecule has 0 radical (unpaired) electrons. The summed E-state index contributed by atoms with van der Waals surface area (Å²) < 4.78 is 0. The quantitative estimate of drug-likeness (QED) is 0.285. The molecule has 86 valence electrons. The van der Waals surface area contributed by atoms with E-state index >= 15 is 0 Å². The van der Waals surface area contributed by atoms with Gasteiger partial charge in [0.05, 0.1) is 12.8 Å². The van der Waals surface area contributed by atoms with Gasteiger partial charge in [-0.2, -0.15) is 0 Å². The van der Waals surface area contributed by atoms with Crippen molar-refractivity contribution in [1.82, 2.24) is 0 Å². The zero-order valence-corrected chi connectivity index (χ0v) is 7.41. The van der Waals surface area contributed by atoms with E-state index in [1.54, 1.807) is 0 Å². The summed E-state index contributed by atoms with van der Waals surface area (Å²) in [6.07, 6.45) is -0.593. The van der Waals surface area contributed by atoms with Crippen molar-refractivity contribution in [2.45, 2.75) is 12.8 Å². The van der Waals surface area contributed by atoms with Gasteiger partial charge < -0.3 is 29.4 Å². The van der Waals surface area contributed by atoms with Crippen molar-refractivity contribution in [1.29, 1.82) is 0 Å². The summed E-state index contributed by atoms with van der Waals surface area (Å²) >= 11 is 0. The van der Waals surface area contributed by atoms with Gasteiger partial charge in [-0.05, 0) is 0 Å². The Bertz CT molecular complexity index is 160. The summed E-state index contributed by atoms with van der Waals surface area (Å²) in [6, 6.07) is 0. The van der Waals surface area contributed by atoms with Crippen molar-refractivity contribution >= 4 is 96.5 Å². The van der Waals surface area contributed by atoms with Crippen molar-refractivity contribution in [3.8, 4) is 0 Å². The molecular formula is C4H14Ca2O8Si. The summed E-state index contributed by atoms with van der Waals surface area (Å²) in [5.41, 5.74) is 0. The van der Waals surface area contributed by atoms with E-state index in [1.165, 1.54) is 0 Å². The molecule has 0 unspecified atom stereocenters. The van der Waals surface area contributed by atoms with Crippen molar-refractivity contribution in [3.05, 3.63) is 0 Å². The van der Waals surface area contributed by atoms with Gasteiger partial charge in [0.15, 0.2) is 0 Å². The van der Waals surface area contributed by atoms with Gasteiger partial charge in [-0.1, -0.05) is 0 Å². The van der Waals surface area contributed by atoms with Crippen LogP contribution >= 0.6 is 0 Å².